The number of carbonyl (C=O) groups excluding carboxylic acids is 3. The monoisotopic (exact) mass is 562 g/mol. The van der Waals surface area contributed by atoms with Crippen LogP contribution in [0.4, 0.5) is 10.5 Å². The van der Waals surface area contributed by atoms with E-state index >= 15 is 0 Å². The van der Waals surface area contributed by atoms with Crippen molar-refractivity contribution in [3.05, 3.63) is 106 Å². The van der Waals surface area contributed by atoms with Gasteiger partial charge in [0.05, 0.1) is 11.5 Å². The molecule has 1 aliphatic heterocycles. The molecule has 1 heterocycles. The molecular formula is C30H27ClN2O5S. The third-order valence-electron chi connectivity index (χ3n) is 5.65. The van der Waals surface area contributed by atoms with E-state index in [0.717, 1.165) is 27.8 Å². The maximum Gasteiger partial charge on any atom is 0.294 e. The van der Waals surface area contributed by atoms with Crippen LogP contribution in [0.25, 0.3) is 6.08 Å². The van der Waals surface area contributed by atoms with E-state index in [0.29, 0.717) is 47.4 Å². The number of hydrogen-bond acceptors (Lipinski definition) is 6. The highest BCUT2D eigenvalue weighted by Gasteiger charge is 2.36. The van der Waals surface area contributed by atoms with Gasteiger partial charge in [0.1, 0.15) is 13.2 Å². The maximum absolute atomic E-state index is 13.0. The molecule has 1 N–H and O–H groups in total. The first-order valence-electron chi connectivity index (χ1n) is 12.3. The molecule has 3 aromatic rings. The van der Waals surface area contributed by atoms with E-state index < -0.39 is 23.6 Å². The number of anilines is 1. The summed E-state index contributed by atoms with van der Waals surface area (Å²) in [4.78, 5) is 39.3. The normalized spacial score (nSPS) is 14.0. The molecule has 0 spiro atoms. The molecule has 39 heavy (non-hydrogen) atoms. The van der Waals surface area contributed by atoms with Crippen molar-refractivity contribution in [2.75, 3.05) is 18.5 Å². The van der Waals surface area contributed by atoms with Crippen LogP contribution < -0.4 is 14.8 Å². The number of thioether (sulfide) groups is 1. The number of allylic oxidation sites excluding steroid dienone is 1. The second-order valence-electron chi connectivity index (χ2n) is 8.53. The summed E-state index contributed by atoms with van der Waals surface area (Å²) in [5, 5.41) is 2.68. The number of nitrogens with zero attached hydrogens (tertiary/aromatic N) is 1. The van der Waals surface area contributed by atoms with Crippen LogP contribution in [0, 0.1) is 0 Å². The van der Waals surface area contributed by atoms with E-state index in [2.05, 4.69) is 11.9 Å². The van der Waals surface area contributed by atoms with Crippen molar-refractivity contribution in [2.24, 2.45) is 0 Å². The number of ether oxygens (including phenoxy) is 2. The lowest BCUT2D eigenvalue weighted by Crippen LogP contribution is -2.36. The van der Waals surface area contributed by atoms with Crippen LogP contribution in [-0.2, 0) is 22.6 Å². The van der Waals surface area contributed by atoms with Crippen molar-refractivity contribution in [1.82, 2.24) is 4.90 Å². The highest BCUT2D eigenvalue weighted by molar-refractivity contribution is 8.18. The third-order valence-corrected chi connectivity index (χ3v) is 6.80. The molecule has 0 aliphatic carbocycles. The SMILES string of the molecule is C=CCc1cc(/C=C2\SC(=O)N(CC(=O)Nc3ccc(Cl)cc3)C2=O)cc(OCC)c1OCc1ccccc1. The first-order chi connectivity index (χ1) is 18.9. The third kappa shape index (κ3) is 7.31. The Hall–Kier alpha value is -4.01. The fourth-order valence-electron chi connectivity index (χ4n) is 3.90. The summed E-state index contributed by atoms with van der Waals surface area (Å²) in [7, 11) is 0. The maximum atomic E-state index is 13.0. The van der Waals surface area contributed by atoms with Crippen LogP contribution in [0.5, 0.6) is 11.5 Å². The van der Waals surface area contributed by atoms with Gasteiger partial charge in [0.15, 0.2) is 11.5 Å². The van der Waals surface area contributed by atoms with E-state index in [1.54, 1.807) is 42.5 Å². The zero-order valence-electron chi connectivity index (χ0n) is 21.3. The molecule has 1 fully saturated rings. The Morgan fingerprint density at radius 2 is 1.82 bits per heavy atom. The Bertz CT molecular complexity index is 1410. The first kappa shape index (κ1) is 28.0. The van der Waals surface area contributed by atoms with Crippen LogP contribution in [-0.4, -0.2) is 35.1 Å². The summed E-state index contributed by atoms with van der Waals surface area (Å²) < 4.78 is 12.0. The van der Waals surface area contributed by atoms with Gasteiger partial charge in [-0.2, -0.15) is 0 Å². The molecule has 9 heteroatoms. The molecule has 0 radical (unpaired) electrons. The minimum atomic E-state index is -0.538. The van der Waals surface area contributed by atoms with Gasteiger partial charge < -0.3 is 14.8 Å². The Labute approximate surface area is 236 Å². The lowest BCUT2D eigenvalue weighted by molar-refractivity contribution is -0.127. The van der Waals surface area contributed by atoms with E-state index in [-0.39, 0.29) is 4.91 Å². The number of nitrogens with one attached hydrogen (secondary N) is 1. The molecule has 0 aromatic heterocycles. The molecule has 0 bridgehead atoms. The Kier molecular flexibility index (Phi) is 9.46. The zero-order valence-corrected chi connectivity index (χ0v) is 22.9. The Balaban J connectivity index is 1.54. The van der Waals surface area contributed by atoms with Crippen LogP contribution in [0.3, 0.4) is 0 Å². The lowest BCUT2D eigenvalue weighted by atomic mass is 10.0. The standard InChI is InChI=1S/C30H27ClN2O5S/c1-3-8-22-15-21(16-25(37-4-2)28(22)38-19-20-9-6-5-7-10-20)17-26-29(35)33(30(36)39-26)18-27(34)32-24-13-11-23(31)12-14-24/h3,5-7,9-17H,1,4,8,18-19H2,2H3,(H,32,34)/b26-17-. The molecule has 1 saturated heterocycles. The molecule has 4 rings (SSSR count). The highest BCUT2D eigenvalue weighted by atomic mass is 35.5. The average Bonchev–Trinajstić information content (AvgIpc) is 3.17. The second kappa shape index (κ2) is 13.2. The molecule has 1 aliphatic rings. The molecule has 3 amide bonds. The number of rotatable bonds is 11. The van der Waals surface area contributed by atoms with E-state index in [9.17, 15) is 14.4 Å². The van der Waals surface area contributed by atoms with E-state index in [1.807, 2.05) is 43.3 Å². The van der Waals surface area contributed by atoms with E-state index in [1.165, 1.54) is 0 Å². The minimum absolute atomic E-state index is 0.212. The molecule has 0 saturated carbocycles. The van der Waals surface area contributed by atoms with Crippen molar-refractivity contribution in [3.8, 4) is 11.5 Å². The molecule has 7 nitrogen and oxygen atoms in total. The van der Waals surface area contributed by atoms with Gasteiger partial charge in [0, 0.05) is 16.3 Å². The van der Waals surface area contributed by atoms with Crippen LogP contribution >= 0.6 is 23.4 Å². The predicted octanol–water partition coefficient (Wildman–Crippen LogP) is 6.72. The summed E-state index contributed by atoms with van der Waals surface area (Å²) in [5.41, 5.74) is 3.03. The van der Waals surface area contributed by atoms with Crippen molar-refractivity contribution in [2.45, 2.75) is 20.0 Å². The molecule has 200 valence electrons. The smallest absolute Gasteiger partial charge is 0.294 e. The largest absolute Gasteiger partial charge is 0.490 e. The number of imide groups is 1. The zero-order chi connectivity index (χ0) is 27.8. The van der Waals surface area contributed by atoms with Crippen molar-refractivity contribution >= 4 is 52.2 Å². The van der Waals surface area contributed by atoms with Gasteiger partial charge in [-0.1, -0.05) is 48.0 Å². The summed E-state index contributed by atoms with van der Waals surface area (Å²) in [5.74, 6) is 0.0990. The fraction of sp³-hybridized carbons (Fsp3) is 0.167. The van der Waals surface area contributed by atoms with Gasteiger partial charge in [0.25, 0.3) is 11.1 Å². The van der Waals surface area contributed by atoms with Crippen molar-refractivity contribution in [1.29, 1.82) is 0 Å². The molecular weight excluding hydrogens is 536 g/mol. The van der Waals surface area contributed by atoms with Gasteiger partial charge >= 0.3 is 0 Å². The highest BCUT2D eigenvalue weighted by Crippen LogP contribution is 2.37. The van der Waals surface area contributed by atoms with Gasteiger partial charge in [0.2, 0.25) is 5.91 Å². The molecule has 0 atom stereocenters. The summed E-state index contributed by atoms with van der Waals surface area (Å²) in [6, 6.07) is 20.0. The van der Waals surface area contributed by atoms with Gasteiger partial charge in [-0.25, -0.2) is 0 Å². The average molecular weight is 563 g/mol. The van der Waals surface area contributed by atoms with Crippen LogP contribution in [0.15, 0.2) is 84.3 Å². The number of halogens is 1. The fourth-order valence-corrected chi connectivity index (χ4v) is 4.86. The Morgan fingerprint density at radius 1 is 1.08 bits per heavy atom. The molecule has 0 unspecified atom stereocenters. The van der Waals surface area contributed by atoms with E-state index in [4.69, 9.17) is 21.1 Å². The Morgan fingerprint density at radius 3 is 2.51 bits per heavy atom. The number of benzene rings is 3. The second-order valence-corrected chi connectivity index (χ2v) is 9.96. The van der Waals surface area contributed by atoms with Crippen LogP contribution in [0.1, 0.15) is 23.6 Å². The summed E-state index contributed by atoms with van der Waals surface area (Å²) in [6.07, 6.45) is 3.90. The van der Waals surface area contributed by atoms with Gasteiger partial charge in [-0.15, -0.1) is 6.58 Å². The van der Waals surface area contributed by atoms with Crippen molar-refractivity contribution < 1.29 is 23.9 Å². The summed E-state index contributed by atoms with van der Waals surface area (Å²) >= 11 is 6.66. The quantitative estimate of drug-likeness (QED) is 0.206. The minimum Gasteiger partial charge on any atom is -0.490 e. The van der Waals surface area contributed by atoms with Gasteiger partial charge in [-0.3, -0.25) is 19.3 Å². The number of hydrogen-bond donors (Lipinski definition) is 1. The summed E-state index contributed by atoms with van der Waals surface area (Å²) in [6.45, 7) is 6.11. The van der Waals surface area contributed by atoms with Crippen LogP contribution in [0.2, 0.25) is 5.02 Å². The number of carbonyl (C=O) groups is 3. The number of amides is 3. The van der Waals surface area contributed by atoms with Crippen molar-refractivity contribution in [3.63, 3.8) is 0 Å². The van der Waals surface area contributed by atoms with Gasteiger partial charge in [-0.05, 0) is 78.7 Å². The lowest BCUT2D eigenvalue weighted by Gasteiger charge is -2.17. The predicted molar refractivity (Wildman–Crippen MR) is 155 cm³/mol. The topological polar surface area (TPSA) is 84.9 Å². The molecule has 3 aromatic carbocycles. The first-order valence-corrected chi connectivity index (χ1v) is 13.5.